The Morgan fingerprint density at radius 3 is 2.78 bits per heavy atom. The second-order valence-electron chi connectivity index (χ2n) is 3.68. The quantitative estimate of drug-likeness (QED) is 0.634. The van der Waals surface area contributed by atoms with Gasteiger partial charge in [0.15, 0.2) is 0 Å². The van der Waals surface area contributed by atoms with Gasteiger partial charge in [-0.1, -0.05) is 0 Å². The number of methoxy groups -OCH3 is 1. The van der Waals surface area contributed by atoms with Gasteiger partial charge >= 0.3 is 0 Å². The molecule has 7 heteroatoms. The van der Waals surface area contributed by atoms with Crippen molar-refractivity contribution in [3.63, 3.8) is 0 Å². The van der Waals surface area contributed by atoms with Crippen LogP contribution in [0, 0.1) is 0 Å². The average Bonchev–Trinajstić information content (AvgIpc) is 2.72. The third kappa shape index (κ3) is 2.63. The predicted octanol–water partition coefficient (Wildman–Crippen LogP) is 1.44. The van der Waals surface area contributed by atoms with Gasteiger partial charge in [-0.05, 0) is 12.1 Å². The third-order valence-corrected chi connectivity index (χ3v) is 3.34. The number of ether oxygens (including phenoxy) is 2. The molecule has 2 rings (SSSR count). The molecule has 0 bridgehead atoms. The van der Waals surface area contributed by atoms with Crippen molar-refractivity contribution in [2.45, 2.75) is 4.90 Å². The van der Waals surface area contributed by atoms with Crippen molar-refractivity contribution in [2.24, 2.45) is 0 Å². The number of nitrogens with one attached hydrogen (secondary N) is 1. The Morgan fingerprint density at radius 2 is 2.11 bits per heavy atom. The smallest absolute Gasteiger partial charge is 0.296 e. The molecule has 0 aliphatic rings. The summed E-state index contributed by atoms with van der Waals surface area (Å²) in [5, 5.41) is 0.427. The molecule has 0 saturated heterocycles. The Kier molecular flexibility index (Phi) is 3.55. The number of hydrogen-bond donors (Lipinski definition) is 2. The molecule has 98 valence electrons. The lowest BCUT2D eigenvalue weighted by molar-refractivity contribution is 0.146. The summed E-state index contributed by atoms with van der Waals surface area (Å²) >= 11 is 0. The minimum Gasteiger partial charge on any atom is -0.491 e. The number of aromatic nitrogens is 1. The van der Waals surface area contributed by atoms with Crippen LogP contribution in [0.1, 0.15) is 0 Å². The molecule has 0 spiro atoms. The fourth-order valence-electron chi connectivity index (χ4n) is 1.62. The Balaban J connectivity index is 2.31. The van der Waals surface area contributed by atoms with E-state index in [1.54, 1.807) is 25.3 Å². The van der Waals surface area contributed by atoms with Gasteiger partial charge in [-0.3, -0.25) is 4.55 Å². The van der Waals surface area contributed by atoms with E-state index >= 15 is 0 Å². The third-order valence-electron chi connectivity index (χ3n) is 2.45. The lowest BCUT2D eigenvalue weighted by atomic mass is 10.2. The maximum atomic E-state index is 11.1. The molecule has 2 aromatic rings. The van der Waals surface area contributed by atoms with Gasteiger partial charge in [0.1, 0.15) is 17.3 Å². The van der Waals surface area contributed by atoms with E-state index in [4.69, 9.17) is 14.0 Å². The van der Waals surface area contributed by atoms with Crippen molar-refractivity contribution >= 4 is 21.0 Å². The predicted molar refractivity (Wildman–Crippen MR) is 65.5 cm³/mol. The molecule has 2 N–H and O–H groups in total. The van der Waals surface area contributed by atoms with Gasteiger partial charge in [-0.15, -0.1) is 0 Å². The topological polar surface area (TPSA) is 88.6 Å². The van der Waals surface area contributed by atoms with E-state index < -0.39 is 10.1 Å². The first-order valence-corrected chi connectivity index (χ1v) is 6.67. The molecule has 0 amide bonds. The Bertz CT molecular complexity index is 646. The number of H-pyrrole nitrogens is 1. The fraction of sp³-hybridized carbons (Fsp3) is 0.273. The SMILES string of the molecule is COCCOc1ccc2c(S(=O)(=O)O)c[nH]c2c1. The molecule has 1 aromatic heterocycles. The van der Waals surface area contributed by atoms with Gasteiger partial charge in [-0.2, -0.15) is 8.42 Å². The number of fused-ring (bicyclic) bond motifs is 1. The van der Waals surface area contributed by atoms with Crippen LogP contribution >= 0.6 is 0 Å². The highest BCUT2D eigenvalue weighted by molar-refractivity contribution is 7.86. The van der Waals surface area contributed by atoms with Crippen molar-refractivity contribution < 1.29 is 22.4 Å². The zero-order valence-corrected chi connectivity index (χ0v) is 10.5. The number of aromatic amines is 1. The summed E-state index contributed by atoms with van der Waals surface area (Å²) in [6, 6.07) is 4.89. The Labute approximate surface area is 104 Å². The lowest BCUT2D eigenvalue weighted by Crippen LogP contribution is -2.04. The first-order chi connectivity index (χ1) is 8.52. The van der Waals surface area contributed by atoms with Gasteiger partial charge in [0.05, 0.1) is 12.1 Å². The maximum absolute atomic E-state index is 11.1. The normalized spacial score (nSPS) is 11.9. The van der Waals surface area contributed by atoms with Crippen molar-refractivity contribution in [3.8, 4) is 5.75 Å². The van der Waals surface area contributed by atoms with Crippen molar-refractivity contribution in [2.75, 3.05) is 20.3 Å². The zero-order valence-electron chi connectivity index (χ0n) is 9.71. The molecule has 6 nitrogen and oxygen atoms in total. The van der Waals surface area contributed by atoms with E-state index in [0.717, 1.165) is 0 Å². The summed E-state index contributed by atoms with van der Waals surface area (Å²) < 4.78 is 41.5. The molecule has 1 aromatic carbocycles. The van der Waals surface area contributed by atoms with E-state index in [1.165, 1.54) is 6.20 Å². The molecule has 0 saturated carbocycles. The van der Waals surface area contributed by atoms with Crippen LogP contribution in [0.5, 0.6) is 5.75 Å². The molecule has 1 heterocycles. The van der Waals surface area contributed by atoms with Crippen LogP contribution in [-0.4, -0.2) is 38.3 Å². The monoisotopic (exact) mass is 271 g/mol. The number of benzene rings is 1. The van der Waals surface area contributed by atoms with E-state index in [1.807, 2.05) is 0 Å². The standard InChI is InChI=1S/C11H13NO5S/c1-16-4-5-17-8-2-3-9-10(6-8)12-7-11(9)18(13,14)15/h2-3,6-7,12H,4-5H2,1H3,(H,13,14,15). The average molecular weight is 271 g/mol. The summed E-state index contributed by atoms with van der Waals surface area (Å²) in [7, 11) is -2.63. The highest BCUT2D eigenvalue weighted by Crippen LogP contribution is 2.26. The molecular weight excluding hydrogens is 258 g/mol. The Morgan fingerprint density at radius 1 is 1.33 bits per heavy atom. The van der Waals surface area contributed by atoms with Crippen molar-refractivity contribution in [3.05, 3.63) is 24.4 Å². The molecule has 0 aliphatic carbocycles. The van der Waals surface area contributed by atoms with Gasteiger partial charge in [0, 0.05) is 24.8 Å². The largest absolute Gasteiger partial charge is 0.491 e. The van der Waals surface area contributed by atoms with Crippen LogP contribution in [0.2, 0.25) is 0 Å². The second kappa shape index (κ2) is 4.97. The van der Waals surface area contributed by atoms with Crippen LogP contribution in [0.3, 0.4) is 0 Å². The second-order valence-corrected chi connectivity index (χ2v) is 5.07. The molecule has 0 unspecified atom stereocenters. The molecular formula is C11H13NO5S. The summed E-state index contributed by atoms with van der Waals surface area (Å²) in [5.74, 6) is 0.600. The van der Waals surface area contributed by atoms with E-state index in [-0.39, 0.29) is 4.90 Å². The van der Waals surface area contributed by atoms with Gasteiger partial charge in [0.25, 0.3) is 10.1 Å². The molecule has 0 radical (unpaired) electrons. The zero-order chi connectivity index (χ0) is 13.2. The molecule has 0 atom stereocenters. The highest BCUT2D eigenvalue weighted by atomic mass is 32.2. The minimum atomic E-state index is -4.21. The van der Waals surface area contributed by atoms with Crippen LogP contribution in [0.15, 0.2) is 29.3 Å². The van der Waals surface area contributed by atoms with Gasteiger partial charge in [0.2, 0.25) is 0 Å². The van der Waals surface area contributed by atoms with Crippen LogP contribution in [-0.2, 0) is 14.9 Å². The minimum absolute atomic E-state index is 0.138. The van der Waals surface area contributed by atoms with E-state index in [0.29, 0.717) is 29.9 Å². The van der Waals surface area contributed by atoms with E-state index in [9.17, 15) is 8.42 Å². The summed E-state index contributed by atoms with van der Waals surface area (Å²) in [5.41, 5.74) is 0.581. The number of rotatable bonds is 5. The van der Waals surface area contributed by atoms with Gasteiger partial charge < -0.3 is 14.5 Å². The highest BCUT2D eigenvalue weighted by Gasteiger charge is 2.15. The fourth-order valence-corrected chi connectivity index (χ4v) is 2.29. The van der Waals surface area contributed by atoms with Crippen LogP contribution in [0.4, 0.5) is 0 Å². The van der Waals surface area contributed by atoms with Crippen LogP contribution < -0.4 is 4.74 Å². The lowest BCUT2D eigenvalue weighted by Gasteiger charge is -2.05. The van der Waals surface area contributed by atoms with Crippen LogP contribution in [0.25, 0.3) is 10.9 Å². The summed E-state index contributed by atoms with van der Waals surface area (Å²) in [6.45, 7) is 0.882. The van der Waals surface area contributed by atoms with E-state index in [2.05, 4.69) is 4.98 Å². The van der Waals surface area contributed by atoms with Crippen molar-refractivity contribution in [1.82, 2.24) is 4.98 Å². The summed E-state index contributed by atoms with van der Waals surface area (Å²) in [4.78, 5) is 2.64. The first kappa shape index (κ1) is 12.9. The first-order valence-electron chi connectivity index (χ1n) is 5.23. The number of hydrogen-bond acceptors (Lipinski definition) is 4. The van der Waals surface area contributed by atoms with Gasteiger partial charge in [-0.25, -0.2) is 0 Å². The molecule has 0 aliphatic heterocycles. The summed E-state index contributed by atoms with van der Waals surface area (Å²) in [6.07, 6.45) is 1.25. The maximum Gasteiger partial charge on any atom is 0.296 e. The molecule has 0 fully saturated rings. The Hall–Kier alpha value is -1.57. The van der Waals surface area contributed by atoms with Crippen molar-refractivity contribution in [1.29, 1.82) is 0 Å². The molecule has 18 heavy (non-hydrogen) atoms.